The molecule has 2 aliphatic rings. The summed E-state index contributed by atoms with van der Waals surface area (Å²) in [6.07, 6.45) is 5.27. The lowest BCUT2D eigenvalue weighted by Gasteiger charge is -2.26. The van der Waals surface area contributed by atoms with Gasteiger partial charge in [-0.05, 0) is 84.8 Å². The lowest BCUT2D eigenvalue weighted by atomic mass is 9.86. The van der Waals surface area contributed by atoms with E-state index >= 15 is 0 Å². The second-order valence-corrected chi connectivity index (χ2v) is 12.3. The smallest absolute Gasteiger partial charge is 0.227 e. The number of ether oxygens (including phenoxy) is 1. The molecular formula is C43H28N2O3. The number of oxazole rings is 1. The Labute approximate surface area is 276 Å². The summed E-state index contributed by atoms with van der Waals surface area (Å²) in [6.45, 7) is 0. The molecule has 1 aliphatic heterocycles. The average molecular weight is 621 g/mol. The fraction of sp³-hybridized carbons (Fsp3) is 0.0465. The van der Waals surface area contributed by atoms with Crippen LogP contribution in [0.1, 0.15) is 23.5 Å². The van der Waals surface area contributed by atoms with E-state index in [1.807, 2.05) is 60.7 Å². The van der Waals surface area contributed by atoms with Crippen molar-refractivity contribution in [1.82, 2.24) is 4.98 Å². The van der Waals surface area contributed by atoms with E-state index < -0.39 is 0 Å². The third-order valence-electron chi connectivity index (χ3n) is 9.45. The molecule has 0 saturated carbocycles. The van der Waals surface area contributed by atoms with Crippen molar-refractivity contribution < 1.29 is 13.6 Å². The van der Waals surface area contributed by atoms with Crippen molar-refractivity contribution in [3.8, 4) is 17.2 Å². The number of furan rings is 1. The van der Waals surface area contributed by atoms with Crippen LogP contribution in [0.3, 0.4) is 0 Å². The van der Waals surface area contributed by atoms with Gasteiger partial charge in [0.2, 0.25) is 5.89 Å². The SMILES string of the molecule is C1=CC(c2ccc(N(c3ccccc3)c3ccc4oc5ccccc5c4c3)cc2)=C2Oc3ccc4nc(-c5ccccc5)oc4c3C2C1. The maximum absolute atomic E-state index is 6.61. The van der Waals surface area contributed by atoms with Gasteiger partial charge in [-0.3, -0.25) is 0 Å². The van der Waals surface area contributed by atoms with Crippen molar-refractivity contribution in [2.45, 2.75) is 12.3 Å². The van der Waals surface area contributed by atoms with Gasteiger partial charge in [-0.25, -0.2) is 4.98 Å². The predicted octanol–water partition coefficient (Wildman–Crippen LogP) is 11.7. The van der Waals surface area contributed by atoms with E-state index in [-0.39, 0.29) is 5.92 Å². The number of para-hydroxylation sites is 2. The summed E-state index contributed by atoms with van der Waals surface area (Å²) in [4.78, 5) is 7.10. The molecule has 0 N–H and O–H groups in total. The Bertz CT molecular complexity index is 2560. The van der Waals surface area contributed by atoms with Crippen LogP contribution in [0.2, 0.25) is 0 Å². The van der Waals surface area contributed by atoms with Gasteiger partial charge in [-0.2, -0.15) is 0 Å². The molecule has 8 aromatic rings. The van der Waals surface area contributed by atoms with Crippen molar-refractivity contribution in [2.24, 2.45) is 0 Å². The number of benzene rings is 6. The van der Waals surface area contributed by atoms with Gasteiger partial charge >= 0.3 is 0 Å². The van der Waals surface area contributed by atoms with E-state index in [9.17, 15) is 0 Å². The van der Waals surface area contributed by atoms with Crippen molar-refractivity contribution in [3.05, 3.63) is 169 Å². The Morgan fingerprint density at radius 2 is 1.33 bits per heavy atom. The van der Waals surface area contributed by atoms with E-state index in [0.717, 1.165) is 90.3 Å². The predicted molar refractivity (Wildman–Crippen MR) is 192 cm³/mol. The first-order chi connectivity index (χ1) is 23.8. The molecule has 0 bridgehead atoms. The number of anilines is 3. The molecule has 48 heavy (non-hydrogen) atoms. The molecule has 5 nitrogen and oxygen atoms in total. The number of allylic oxidation sites excluding steroid dienone is 4. The van der Waals surface area contributed by atoms with E-state index in [0.29, 0.717) is 5.89 Å². The van der Waals surface area contributed by atoms with Gasteiger partial charge in [0.05, 0.1) is 11.5 Å². The van der Waals surface area contributed by atoms with Crippen LogP contribution in [-0.2, 0) is 0 Å². The molecule has 228 valence electrons. The number of hydrogen-bond donors (Lipinski definition) is 0. The number of fused-ring (bicyclic) bond motifs is 8. The van der Waals surface area contributed by atoms with Gasteiger partial charge in [0.1, 0.15) is 28.2 Å². The summed E-state index contributed by atoms with van der Waals surface area (Å²) in [5, 5.41) is 2.21. The molecule has 5 heteroatoms. The standard InChI is InChI=1S/C43H28N2O3/c1-3-10-28(11-4-1)43-44-36-23-25-39-40(42(36)48-43)34-16-9-15-32(41(34)47-39)27-18-20-30(21-19-27)45(29-12-5-2-6-13-29)31-22-24-38-35(26-31)33-14-7-8-17-37(33)46-38/h1-15,17-26,34H,16H2. The third-order valence-corrected chi connectivity index (χ3v) is 9.45. The lowest BCUT2D eigenvalue weighted by molar-refractivity contribution is 0.429. The van der Waals surface area contributed by atoms with Crippen LogP contribution in [0.15, 0.2) is 166 Å². The Morgan fingerprint density at radius 1 is 0.604 bits per heavy atom. The number of hydrogen-bond acceptors (Lipinski definition) is 5. The summed E-state index contributed by atoms with van der Waals surface area (Å²) in [5.41, 5.74) is 10.9. The second kappa shape index (κ2) is 10.6. The Morgan fingerprint density at radius 3 is 2.19 bits per heavy atom. The molecule has 1 unspecified atom stereocenters. The van der Waals surface area contributed by atoms with Crippen molar-refractivity contribution in [1.29, 1.82) is 0 Å². The van der Waals surface area contributed by atoms with Crippen LogP contribution in [0.4, 0.5) is 17.1 Å². The maximum atomic E-state index is 6.61. The number of aromatic nitrogens is 1. The van der Waals surface area contributed by atoms with E-state index in [4.69, 9.17) is 18.6 Å². The number of nitrogens with zero attached hydrogens (tertiary/aromatic N) is 2. The fourth-order valence-electron chi connectivity index (χ4n) is 7.22. The first-order valence-corrected chi connectivity index (χ1v) is 16.2. The van der Waals surface area contributed by atoms with E-state index in [1.165, 1.54) is 0 Å². The minimum absolute atomic E-state index is 0.0669. The molecule has 0 fully saturated rings. The van der Waals surface area contributed by atoms with Crippen molar-refractivity contribution in [2.75, 3.05) is 4.90 Å². The summed E-state index contributed by atoms with van der Waals surface area (Å²) in [7, 11) is 0. The summed E-state index contributed by atoms with van der Waals surface area (Å²) in [6, 6.07) is 47.9. The topological polar surface area (TPSA) is 51.6 Å². The first-order valence-electron chi connectivity index (χ1n) is 16.2. The first kappa shape index (κ1) is 26.8. The minimum atomic E-state index is 0.0669. The van der Waals surface area contributed by atoms with Gasteiger partial charge in [-0.1, -0.05) is 78.9 Å². The van der Waals surface area contributed by atoms with Gasteiger partial charge in [-0.15, -0.1) is 0 Å². The molecule has 3 heterocycles. The Hall–Kier alpha value is -6.33. The van der Waals surface area contributed by atoms with Crippen LogP contribution in [0, 0.1) is 0 Å². The second-order valence-electron chi connectivity index (χ2n) is 12.3. The van der Waals surface area contributed by atoms with Crippen molar-refractivity contribution >= 4 is 55.7 Å². The summed E-state index contributed by atoms with van der Waals surface area (Å²) in [5.74, 6) is 2.50. The van der Waals surface area contributed by atoms with Gasteiger partial charge < -0.3 is 18.5 Å². The molecule has 1 atom stereocenters. The van der Waals surface area contributed by atoms with Crippen molar-refractivity contribution in [3.63, 3.8) is 0 Å². The molecule has 0 spiro atoms. The Balaban J connectivity index is 1.04. The summed E-state index contributed by atoms with van der Waals surface area (Å²) < 4.78 is 19.1. The maximum Gasteiger partial charge on any atom is 0.227 e. The van der Waals surface area contributed by atoms with Gasteiger partial charge in [0, 0.05) is 39.0 Å². The van der Waals surface area contributed by atoms with Gasteiger partial charge in [0.25, 0.3) is 0 Å². The largest absolute Gasteiger partial charge is 0.460 e. The molecular weight excluding hydrogens is 592 g/mol. The zero-order chi connectivity index (χ0) is 31.6. The highest BCUT2D eigenvalue weighted by Gasteiger charge is 2.36. The molecule has 0 radical (unpaired) electrons. The van der Waals surface area contributed by atoms with Crippen LogP contribution in [-0.4, -0.2) is 4.98 Å². The Kier molecular flexibility index (Phi) is 5.93. The normalized spacial score (nSPS) is 15.2. The number of rotatable bonds is 5. The zero-order valence-electron chi connectivity index (χ0n) is 25.8. The molecule has 0 saturated heterocycles. The quantitative estimate of drug-likeness (QED) is 0.192. The zero-order valence-corrected chi connectivity index (χ0v) is 25.8. The molecule has 6 aromatic carbocycles. The third kappa shape index (κ3) is 4.21. The minimum Gasteiger partial charge on any atom is -0.460 e. The molecule has 1 aliphatic carbocycles. The van der Waals surface area contributed by atoms with Crippen LogP contribution < -0.4 is 9.64 Å². The molecule has 0 amide bonds. The highest BCUT2D eigenvalue weighted by atomic mass is 16.5. The van der Waals surface area contributed by atoms with Gasteiger partial charge in [0.15, 0.2) is 5.58 Å². The lowest BCUT2D eigenvalue weighted by Crippen LogP contribution is -2.10. The van der Waals surface area contributed by atoms with Crippen LogP contribution in [0.5, 0.6) is 5.75 Å². The highest BCUT2D eigenvalue weighted by molar-refractivity contribution is 6.06. The average Bonchev–Trinajstić information content (AvgIpc) is 3.86. The van der Waals surface area contributed by atoms with Crippen LogP contribution >= 0.6 is 0 Å². The summed E-state index contributed by atoms with van der Waals surface area (Å²) >= 11 is 0. The highest BCUT2D eigenvalue weighted by Crippen LogP contribution is 2.51. The molecule has 10 rings (SSSR count). The van der Waals surface area contributed by atoms with E-state index in [1.54, 1.807) is 0 Å². The fourth-order valence-corrected chi connectivity index (χ4v) is 7.22. The van der Waals surface area contributed by atoms with E-state index in [2.05, 4.69) is 95.9 Å². The monoisotopic (exact) mass is 620 g/mol. The van der Waals surface area contributed by atoms with Crippen LogP contribution in [0.25, 0.3) is 50.1 Å². The molecule has 2 aromatic heterocycles.